The number of ether oxygens (including phenoxy) is 2. The summed E-state index contributed by atoms with van der Waals surface area (Å²) in [5.41, 5.74) is 0.751. The molecule has 0 spiro atoms. The molecule has 2 rings (SSSR count). The summed E-state index contributed by atoms with van der Waals surface area (Å²) in [4.78, 5) is 0. The smallest absolute Gasteiger partial charge is 0.231 e. The molecule has 82 valence electrons. The maximum absolute atomic E-state index is 7.55. The number of likely N-dealkylation sites (N-methyl/N-ethyl adjacent to an activating group) is 1. The Bertz CT molecular complexity index is 559. The molecule has 1 N–H and O–H groups in total. The highest BCUT2D eigenvalue weighted by molar-refractivity contribution is 5.44. The summed E-state index contributed by atoms with van der Waals surface area (Å²) in [6, 6.07) is 4.43. The Morgan fingerprint density at radius 3 is 3.33 bits per heavy atom. The summed E-state index contributed by atoms with van der Waals surface area (Å²) in [6.45, 7) is -5.76. The van der Waals surface area contributed by atoms with Crippen LogP contribution in [0.1, 0.15) is 28.9 Å². The van der Waals surface area contributed by atoms with E-state index in [-0.39, 0.29) is 5.75 Å². The van der Waals surface area contributed by atoms with Crippen molar-refractivity contribution in [1.29, 1.82) is 0 Å². The SMILES string of the molecule is [2H]C1([2H])Oc2ccc(C[C@H](C)NC([2H])([2H])C([2H])([2H])[2H])cc2O1. The Kier molecular flexibility index (Phi) is 1.43. The van der Waals surface area contributed by atoms with Crippen LogP contribution < -0.4 is 14.8 Å². The van der Waals surface area contributed by atoms with Crippen LogP contribution in [0.25, 0.3) is 0 Å². The van der Waals surface area contributed by atoms with Gasteiger partial charge in [0, 0.05) is 12.9 Å². The first-order valence-electron chi connectivity index (χ1n) is 8.18. The summed E-state index contributed by atoms with van der Waals surface area (Å²) in [7, 11) is 0. The van der Waals surface area contributed by atoms with Crippen molar-refractivity contribution in [2.75, 3.05) is 13.2 Å². The fraction of sp³-hybridized carbons (Fsp3) is 0.500. The van der Waals surface area contributed by atoms with Gasteiger partial charge in [-0.3, -0.25) is 0 Å². The van der Waals surface area contributed by atoms with E-state index in [2.05, 4.69) is 5.32 Å². The average Bonchev–Trinajstić information content (AvgIpc) is 2.59. The van der Waals surface area contributed by atoms with Gasteiger partial charge < -0.3 is 14.8 Å². The molecule has 0 saturated heterocycles. The Morgan fingerprint density at radius 1 is 1.60 bits per heavy atom. The molecular formula is C12H17NO2. The minimum Gasteiger partial charge on any atom is -0.454 e. The standard InChI is InChI=1S/C12H17NO2/c1-3-13-9(2)6-10-4-5-11-12(7-10)15-8-14-11/h4-5,7,9,13H,3,6,8H2,1-2H3/t9-/m0/s1/i1D3,3D2,8D2. The lowest BCUT2D eigenvalue weighted by atomic mass is 10.1. The second-order valence-corrected chi connectivity index (χ2v) is 3.44. The number of fused-ring (bicyclic) bond motifs is 1. The predicted molar refractivity (Wildman–Crippen MR) is 59.4 cm³/mol. The van der Waals surface area contributed by atoms with Crippen molar-refractivity contribution in [2.24, 2.45) is 0 Å². The number of rotatable bonds is 4. The molecule has 0 radical (unpaired) electrons. The monoisotopic (exact) mass is 214 g/mol. The molecule has 0 aliphatic carbocycles. The van der Waals surface area contributed by atoms with E-state index >= 15 is 0 Å². The van der Waals surface area contributed by atoms with Gasteiger partial charge in [-0.1, -0.05) is 12.9 Å². The van der Waals surface area contributed by atoms with Gasteiger partial charge in [0.1, 0.15) is 2.74 Å². The molecule has 3 heteroatoms. The van der Waals surface area contributed by atoms with Gasteiger partial charge >= 0.3 is 0 Å². The third-order valence-corrected chi connectivity index (χ3v) is 2.17. The molecule has 0 aromatic heterocycles. The van der Waals surface area contributed by atoms with Crippen molar-refractivity contribution < 1.29 is 19.1 Å². The fourth-order valence-corrected chi connectivity index (χ4v) is 1.48. The molecule has 1 atom stereocenters. The van der Waals surface area contributed by atoms with E-state index < -0.39 is 26.1 Å². The van der Waals surface area contributed by atoms with Crippen molar-refractivity contribution >= 4 is 0 Å². The lowest BCUT2D eigenvalue weighted by Crippen LogP contribution is -2.27. The molecule has 0 bridgehead atoms. The van der Waals surface area contributed by atoms with Gasteiger partial charge in [-0.25, -0.2) is 0 Å². The average molecular weight is 214 g/mol. The van der Waals surface area contributed by atoms with E-state index in [1.165, 1.54) is 0 Å². The maximum atomic E-state index is 7.55. The summed E-state index contributed by atoms with van der Waals surface area (Å²) in [5, 5.41) is 2.45. The van der Waals surface area contributed by atoms with Crippen molar-refractivity contribution in [3.8, 4) is 11.5 Å². The highest BCUT2D eigenvalue weighted by Crippen LogP contribution is 2.32. The zero-order chi connectivity index (χ0) is 16.8. The largest absolute Gasteiger partial charge is 0.454 e. The summed E-state index contributed by atoms with van der Waals surface area (Å²) in [6.07, 6.45) is 0.356. The second-order valence-electron chi connectivity index (χ2n) is 3.44. The van der Waals surface area contributed by atoms with Gasteiger partial charge in [-0.05, 0) is 37.5 Å². The van der Waals surface area contributed by atoms with E-state index in [1.807, 2.05) is 0 Å². The zero-order valence-electron chi connectivity index (χ0n) is 15.3. The summed E-state index contributed by atoms with van der Waals surface area (Å²) < 4.78 is 61.3. The van der Waals surface area contributed by atoms with Crippen LogP contribution in [0.5, 0.6) is 11.5 Å². The highest BCUT2D eigenvalue weighted by Gasteiger charge is 2.13. The fourth-order valence-electron chi connectivity index (χ4n) is 1.48. The number of hydrogen-bond acceptors (Lipinski definition) is 3. The molecule has 0 fully saturated rings. The third-order valence-electron chi connectivity index (χ3n) is 2.17. The molecule has 1 heterocycles. The van der Waals surface area contributed by atoms with Gasteiger partial charge in [0.05, 0.1) is 0 Å². The van der Waals surface area contributed by atoms with Crippen molar-refractivity contribution in [3.63, 3.8) is 0 Å². The molecule has 3 nitrogen and oxygen atoms in total. The molecule has 1 aromatic carbocycles. The third kappa shape index (κ3) is 2.42. The lowest BCUT2D eigenvalue weighted by Gasteiger charge is -2.12. The molecule has 15 heavy (non-hydrogen) atoms. The van der Waals surface area contributed by atoms with E-state index in [0.29, 0.717) is 12.2 Å². The van der Waals surface area contributed by atoms with Crippen LogP contribution in [0.15, 0.2) is 18.2 Å². The first kappa shape index (κ1) is 4.74. The number of nitrogens with one attached hydrogen (secondary N) is 1. The van der Waals surface area contributed by atoms with Gasteiger partial charge in [0.15, 0.2) is 11.5 Å². The quantitative estimate of drug-likeness (QED) is 0.831. The zero-order valence-corrected chi connectivity index (χ0v) is 8.33. The second kappa shape index (κ2) is 4.53. The van der Waals surface area contributed by atoms with Crippen molar-refractivity contribution in [3.05, 3.63) is 23.8 Å². The summed E-state index contributed by atoms with van der Waals surface area (Å²) in [5.74, 6) is 0.570. The number of benzene rings is 1. The van der Waals surface area contributed by atoms with Crippen LogP contribution in [0.3, 0.4) is 0 Å². The Labute approximate surface area is 100 Å². The van der Waals surface area contributed by atoms with Gasteiger partial charge in [-0.15, -0.1) is 0 Å². The van der Waals surface area contributed by atoms with E-state index in [0.717, 1.165) is 5.56 Å². The number of hydrogen-bond donors (Lipinski definition) is 1. The molecular weight excluding hydrogens is 190 g/mol. The predicted octanol–water partition coefficient (Wildman–Crippen LogP) is 1.96. The molecule has 1 aliphatic heterocycles. The van der Waals surface area contributed by atoms with Gasteiger partial charge in [0.25, 0.3) is 0 Å². The minimum absolute atomic E-state index is 0.272. The maximum Gasteiger partial charge on any atom is 0.231 e. The minimum atomic E-state index is -2.76. The first-order chi connectivity index (χ1) is 9.90. The van der Waals surface area contributed by atoms with Crippen molar-refractivity contribution in [1.82, 2.24) is 5.32 Å². The molecule has 0 unspecified atom stereocenters. The summed E-state index contributed by atoms with van der Waals surface area (Å²) >= 11 is 0. The molecule has 1 aromatic rings. The van der Waals surface area contributed by atoms with Crippen LogP contribution in [0.4, 0.5) is 0 Å². The van der Waals surface area contributed by atoms with Crippen LogP contribution in [-0.2, 0) is 6.42 Å². The van der Waals surface area contributed by atoms with Crippen LogP contribution in [-0.4, -0.2) is 19.3 Å². The van der Waals surface area contributed by atoms with E-state index in [9.17, 15) is 0 Å². The first-order valence-corrected chi connectivity index (χ1v) is 4.68. The topological polar surface area (TPSA) is 30.5 Å². The van der Waals surface area contributed by atoms with E-state index in [4.69, 9.17) is 19.1 Å². The molecule has 0 saturated carbocycles. The van der Waals surface area contributed by atoms with Crippen LogP contribution in [0, 0.1) is 0 Å². The van der Waals surface area contributed by atoms with Crippen molar-refractivity contribution in [2.45, 2.75) is 26.2 Å². The van der Waals surface area contributed by atoms with Crippen LogP contribution >= 0.6 is 0 Å². The Balaban J connectivity index is 2.04. The van der Waals surface area contributed by atoms with E-state index in [1.54, 1.807) is 25.1 Å². The molecule has 1 aliphatic rings. The Hall–Kier alpha value is -1.22. The van der Waals surface area contributed by atoms with Gasteiger partial charge in [0.2, 0.25) is 6.75 Å². The molecule has 0 amide bonds. The normalized spacial score (nSPS) is 27.4. The van der Waals surface area contributed by atoms with Crippen LogP contribution in [0.2, 0.25) is 0 Å². The van der Waals surface area contributed by atoms with Gasteiger partial charge in [-0.2, -0.15) is 0 Å². The Morgan fingerprint density at radius 2 is 2.47 bits per heavy atom. The lowest BCUT2D eigenvalue weighted by molar-refractivity contribution is 0.174. The highest BCUT2D eigenvalue weighted by atomic mass is 16.7.